The Morgan fingerprint density at radius 2 is 1.78 bits per heavy atom. The summed E-state index contributed by atoms with van der Waals surface area (Å²) in [5, 5.41) is 14.8. The van der Waals surface area contributed by atoms with Gasteiger partial charge in [-0.2, -0.15) is 18.4 Å². The lowest BCUT2D eigenvalue weighted by atomic mass is 9.99. The predicted molar refractivity (Wildman–Crippen MR) is 127 cm³/mol. The van der Waals surface area contributed by atoms with Gasteiger partial charge >= 0.3 is 6.18 Å². The molecular formula is C23H24F3N5O4S. The lowest BCUT2D eigenvalue weighted by molar-refractivity contribution is -0.137. The van der Waals surface area contributed by atoms with E-state index in [1.54, 1.807) is 0 Å². The van der Waals surface area contributed by atoms with E-state index in [1.807, 2.05) is 0 Å². The van der Waals surface area contributed by atoms with Crippen molar-refractivity contribution in [1.82, 2.24) is 10.2 Å². The van der Waals surface area contributed by atoms with Crippen molar-refractivity contribution >= 4 is 33.2 Å². The summed E-state index contributed by atoms with van der Waals surface area (Å²) in [7, 11) is -3.54. The molecule has 1 fully saturated rings. The van der Waals surface area contributed by atoms with Gasteiger partial charge < -0.3 is 15.5 Å². The molecule has 3 rings (SSSR count). The number of alkyl halides is 3. The average Bonchev–Trinajstić information content (AvgIpc) is 2.77. The molecule has 1 aliphatic heterocycles. The number of nitrogens with zero attached hydrogens (tertiary/aromatic N) is 2. The van der Waals surface area contributed by atoms with E-state index >= 15 is 0 Å². The number of nitrogens with one attached hydrogen (secondary N) is 3. The Bertz CT molecular complexity index is 1310. The second-order valence-corrected chi connectivity index (χ2v) is 10.2. The maximum Gasteiger partial charge on any atom is 0.417 e. The first-order valence-corrected chi connectivity index (χ1v) is 12.7. The summed E-state index contributed by atoms with van der Waals surface area (Å²) in [5.41, 5.74) is -1.04. The molecule has 0 aliphatic carbocycles. The van der Waals surface area contributed by atoms with Gasteiger partial charge in [0.2, 0.25) is 15.9 Å². The van der Waals surface area contributed by atoms with Gasteiger partial charge in [-0.3, -0.25) is 14.3 Å². The standard InChI is InChI=1S/C23H24F3N5O4S/c1-14(32)31-12-19(28-17-7-6-16(11-27)21(10-17)23(24,25)26)9-20(13-31)29-22(33)15-4-3-5-18(8-15)30-36(2,34)35/h3-8,10,19-20,28,30H,9,12-13H2,1-2H3,(H,29,33)/t19-,20+/m1/s1. The zero-order valence-electron chi connectivity index (χ0n) is 19.4. The monoisotopic (exact) mass is 523 g/mol. The zero-order valence-corrected chi connectivity index (χ0v) is 20.2. The van der Waals surface area contributed by atoms with Gasteiger partial charge in [0.15, 0.2) is 0 Å². The highest BCUT2D eigenvalue weighted by atomic mass is 32.2. The summed E-state index contributed by atoms with van der Waals surface area (Å²) in [6.07, 6.45) is -3.42. The summed E-state index contributed by atoms with van der Waals surface area (Å²) in [6.45, 7) is 1.75. The molecule has 0 saturated carbocycles. The van der Waals surface area contributed by atoms with Crippen LogP contribution >= 0.6 is 0 Å². The normalized spacial score (nSPS) is 18.2. The number of likely N-dealkylation sites (tertiary alicyclic amines) is 1. The summed E-state index contributed by atoms with van der Waals surface area (Å²) in [5.74, 6) is -0.769. The molecule has 1 heterocycles. The average molecular weight is 524 g/mol. The van der Waals surface area contributed by atoms with Gasteiger partial charge in [-0.1, -0.05) is 6.07 Å². The van der Waals surface area contributed by atoms with Gasteiger partial charge in [0.05, 0.1) is 23.5 Å². The fourth-order valence-electron chi connectivity index (χ4n) is 3.97. The van der Waals surface area contributed by atoms with Crippen molar-refractivity contribution < 1.29 is 31.2 Å². The fraction of sp³-hybridized carbons (Fsp3) is 0.348. The molecule has 9 nitrogen and oxygen atoms in total. The smallest absolute Gasteiger partial charge is 0.380 e. The molecule has 0 spiro atoms. The maximum atomic E-state index is 13.3. The number of benzene rings is 2. The Kier molecular flexibility index (Phi) is 7.78. The molecule has 2 aromatic rings. The number of nitriles is 1. The third-order valence-electron chi connectivity index (χ3n) is 5.48. The molecular weight excluding hydrogens is 499 g/mol. The van der Waals surface area contributed by atoms with E-state index in [0.29, 0.717) is 6.42 Å². The molecule has 2 atom stereocenters. The number of carbonyl (C=O) groups excluding carboxylic acids is 2. The van der Waals surface area contributed by atoms with Crippen LogP contribution in [-0.4, -0.2) is 56.6 Å². The van der Waals surface area contributed by atoms with E-state index < -0.39 is 45.3 Å². The number of hydrogen-bond acceptors (Lipinski definition) is 6. The molecule has 2 amide bonds. The van der Waals surface area contributed by atoms with Gasteiger partial charge in [0, 0.05) is 49.0 Å². The third kappa shape index (κ3) is 7.11. The van der Waals surface area contributed by atoms with Crippen molar-refractivity contribution in [3.63, 3.8) is 0 Å². The van der Waals surface area contributed by atoms with Crippen LogP contribution in [0.15, 0.2) is 42.5 Å². The second kappa shape index (κ2) is 10.4. The Labute approximate surface area is 206 Å². The second-order valence-electron chi connectivity index (χ2n) is 8.50. The van der Waals surface area contributed by atoms with Crippen LogP contribution in [-0.2, 0) is 21.0 Å². The highest BCUT2D eigenvalue weighted by molar-refractivity contribution is 7.92. The van der Waals surface area contributed by atoms with E-state index in [4.69, 9.17) is 5.26 Å². The topological polar surface area (TPSA) is 131 Å². The highest BCUT2D eigenvalue weighted by Crippen LogP contribution is 2.34. The maximum absolute atomic E-state index is 13.3. The predicted octanol–water partition coefficient (Wildman–Crippen LogP) is 2.78. The summed E-state index contributed by atoms with van der Waals surface area (Å²) in [6, 6.07) is 9.66. The van der Waals surface area contributed by atoms with E-state index in [0.717, 1.165) is 18.4 Å². The Balaban J connectivity index is 1.77. The third-order valence-corrected chi connectivity index (χ3v) is 6.08. The largest absolute Gasteiger partial charge is 0.417 e. The Morgan fingerprint density at radius 1 is 1.08 bits per heavy atom. The lowest BCUT2D eigenvalue weighted by Gasteiger charge is -2.38. The molecule has 13 heteroatoms. The van der Waals surface area contributed by atoms with Crippen molar-refractivity contribution in [2.75, 3.05) is 29.4 Å². The van der Waals surface area contributed by atoms with E-state index in [9.17, 15) is 31.2 Å². The fourth-order valence-corrected chi connectivity index (χ4v) is 4.53. The molecule has 36 heavy (non-hydrogen) atoms. The van der Waals surface area contributed by atoms with E-state index in [1.165, 1.54) is 48.2 Å². The zero-order chi connectivity index (χ0) is 26.7. The first-order chi connectivity index (χ1) is 16.7. The number of rotatable bonds is 6. The van der Waals surface area contributed by atoms with Crippen LogP contribution in [0.4, 0.5) is 24.5 Å². The van der Waals surface area contributed by atoms with Gasteiger partial charge in [0.25, 0.3) is 5.91 Å². The van der Waals surface area contributed by atoms with Crippen molar-refractivity contribution in [1.29, 1.82) is 5.26 Å². The lowest BCUT2D eigenvalue weighted by Crippen LogP contribution is -2.55. The number of halogens is 3. The highest BCUT2D eigenvalue weighted by Gasteiger charge is 2.35. The molecule has 0 aromatic heterocycles. The van der Waals surface area contributed by atoms with Crippen LogP contribution in [0.1, 0.15) is 34.8 Å². The summed E-state index contributed by atoms with van der Waals surface area (Å²) < 4.78 is 65.2. The molecule has 1 aliphatic rings. The Hall–Kier alpha value is -3.79. The van der Waals surface area contributed by atoms with Crippen molar-refractivity contribution in [2.24, 2.45) is 0 Å². The first kappa shape index (κ1) is 26.8. The van der Waals surface area contributed by atoms with Gasteiger partial charge in [-0.25, -0.2) is 8.42 Å². The molecule has 192 valence electrons. The number of anilines is 2. The number of sulfonamides is 1. The van der Waals surface area contributed by atoms with Crippen LogP contribution in [0.25, 0.3) is 0 Å². The van der Waals surface area contributed by atoms with Crippen molar-refractivity contribution in [3.8, 4) is 6.07 Å². The summed E-state index contributed by atoms with van der Waals surface area (Å²) in [4.78, 5) is 26.4. The molecule has 0 unspecified atom stereocenters. The van der Waals surface area contributed by atoms with Crippen LogP contribution in [0.3, 0.4) is 0 Å². The van der Waals surface area contributed by atoms with E-state index in [-0.39, 0.29) is 35.9 Å². The SMILES string of the molecule is CC(=O)N1C[C@@H](NC(=O)c2cccc(NS(C)(=O)=O)c2)C[C@@H](Nc2ccc(C#N)c(C(F)(F)F)c2)C1. The Morgan fingerprint density at radius 3 is 2.39 bits per heavy atom. The van der Waals surface area contributed by atoms with Crippen LogP contribution in [0.2, 0.25) is 0 Å². The number of amides is 2. The van der Waals surface area contributed by atoms with Crippen molar-refractivity contribution in [3.05, 3.63) is 59.2 Å². The molecule has 0 radical (unpaired) electrons. The quantitative estimate of drug-likeness (QED) is 0.534. The summed E-state index contributed by atoms with van der Waals surface area (Å²) >= 11 is 0. The minimum absolute atomic E-state index is 0.126. The minimum Gasteiger partial charge on any atom is -0.380 e. The number of hydrogen-bond donors (Lipinski definition) is 3. The van der Waals surface area contributed by atoms with Gasteiger partial charge in [0.1, 0.15) is 0 Å². The number of carbonyl (C=O) groups is 2. The van der Waals surface area contributed by atoms with Crippen LogP contribution in [0.5, 0.6) is 0 Å². The van der Waals surface area contributed by atoms with Gasteiger partial charge in [-0.05, 0) is 42.8 Å². The number of piperidine rings is 1. The molecule has 3 N–H and O–H groups in total. The minimum atomic E-state index is -4.71. The van der Waals surface area contributed by atoms with Gasteiger partial charge in [-0.15, -0.1) is 0 Å². The first-order valence-electron chi connectivity index (χ1n) is 10.8. The van der Waals surface area contributed by atoms with Crippen LogP contribution < -0.4 is 15.4 Å². The van der Waals surface area contributed by atoms with Crippen molar-refractivity contribution in [2.45, 2.75) is 31.6 Å². The van der Waals surface area contributed by atoms with Crippen LogP contribution in [0, 0.1) is 11.3 Å². The van der Waals surface area contributed by atoms with E-state index in [2.05, 4.69) is 15.4 Å². The molecule has 2 aromatic carbocycles. The molecule has 0 bridgehead atoms. The molecule has 1 saturated heterocycles.